The first-order valence-corrected chi connectivity index (χ1v) is 7.90. The van der Waals surface area contributed by atoms with Crippen molar-refractivity contribution < 1.29 is 13.2 Å². The van der Waals surface area contributed by atoms with Crippen molar-refractivity contribution in [3.8, 4) is 0 Å². The summed E-state index contributed by atoms with van der Waals surface area (Å²) in [5, 5.41) is 3.09. The lowest BCUT2D eigenvalue weighted by Crippen LogP contribution is -2.41. The van der Waals surface area contributed by atoms with E-state index in [1.165, 1.54) is 6.26 Å². The van der Waals surface area contributed by atoms with Crippen molar-refractivity contribution in [2.75, 3.05) is 19.4 Å². The molecule has 1 N–H and O–H groups in total. The first-order valence-electron chi connectivity index (χ1n) is 5.95. The van der Waals surface area contributed by atoms with Gasteiger partial charge >= 0.3 is 0 Å². The molecule has 0 saturated heterocycles. The number of hydrogen-bond donors (Lipinski definition) is 1. The van der Waals surface area contributed by atoms with Gasteiger partial charge in [-0.1, -0.05) is 6.42 Å². The molecule has 0 bridgehead atoms. The molecule has 0 radical (unpaired) electrons. The Morgan fingerprint density at radius 1 is 1.38 bits per heavy atom. The van der Waals surface area contributed by atoms with Crippen molar-refractivity contribution in [2.45, 2.75) is 50.5 Å². The lowest BCUT2D eigenvalue weighted by atomic mass is 10.2. The van der Waals surface area contributed by atoms with E-state index in [1.54, 1.807) is 0 Å². The van der Waals surface area contributed by atoms with Crippen LogP contribution in [0, 0.1) is 0 Å². The maximum absolute atomic E-state index is 11.5. The smallest absolute Gasteiger partial charge is 0.151 e. The van der Waals surface area contributed by atoms with Crippen LogP contribution in [0.5, 0.6) is 0 Å². The predicted octanol–water partition coefficient (Wildman–Crippen LogP) is 0.967. The molecule has 2 unspecified atom stereocenters. The van der Waals surface area contributed by atoms with Gasteiger partial charge < -0.3 is 10.1 Å². The molecule has 1 aliphatic rings. The minimum absolute atomic E-state index is 0.116. The van der Waals surface area contributed by atoms with Crippen LogP contribution in [0.4, 0.5) is 0 Å². The quantitative estimate of drug-likeness (QED) is 0.713. The Morgan fingerprint density at radius 2 is 2.06 bits per heavy atom. The second-order valence-corrected chi connectivity index (χ2v) is 7.04. The zero-order valence-corrected chi connectivity index (χ0v) is 11.2. The van der Waals surface area contributed by atoms with Crippen LogP contribution in [-0.2, 0) is 14.6 Å². The van der Waals surface area contributed by atoms with E-state index < -0.39 is 9.84 Å². The zero-order chi connectivity index (χ0) is 12.2. The number of rotatable bonds is 6. The van der Waals surface area contributed by atoms with E-state index in [0.29, 0.717) is 6.61 Å². The molecule has 0 heterocycles. The number of sulfone groups is 1. The van der Waals surface area contributed by atoms with Crippen LogP contribution in [0.1, 0.15) is 33.1 Å². The summed E-state index contributed by atoms with van der Waals surface area (Å²) in [5.74, 6) is 0. The second kappa shape index (κ2) is 5.98. The Kier molecular flexibility index (Phi) is 5.21. The maximum atomic E-state index is 11.5. The summed E-state index contributed by atoms with van der Waals surface area (Å²) in [6.45, 7) is 5.36. The zero-order valence-electron chi connectivity index (χ0n) is 10.4. The molecule has 1 saturated carbocycles. The first kappa shape index (κ1) is 13.9. The molecule has 0 amide bonds. The number of nitrogens with one attached hydrogen (secondary N) is 1. The molecule has 1 fully saturated rings. The molecule has 0 aromatic carbocycles. The average molecular weight is 249 g/mol. The van der Waals surface area contributed by atoms with E-state index in [-0.39, 0.29) is 17.4 Å². The van der Waals surface area contributed by atoms with Crippen molar-refractivity contribution in [1.82, 2.24) is 5.32 Å². The normalized spacial score (nSPS) is 26.5. The van der Waals surface area contributed by atoms with Crippen LogP contribution in [0.2, 0.25) is 0 Å². The molecule has 96 valence electrons. The van der Waals surface area contributed by atoms with Gasteiger partial charge in [-0.3, -0.25) is 0 Å². The van der Waals surface area contributed by atoms with Crippen molar-refractivity contribution in [3.05, 3.63) is 0 Å². The molecule has 0 aliphatic heterocycles. The van der Waals surface area contributed by atoms with E-state index in [4.69, 9.17) is 4.74 Å². The van der Waals surface area contributed by atoms with Gasteiger partial charge in [-0.05, 0) is 26.7 Å². The van der Waals surface area contributed by atoms with Gasteiger partial charge in [0.1, 0.15) is 0 Å². The van der Waals surface area contributed by atoms with Crippen molar-refractivity contribution >= 4 is 9.84 Å². The fourth-order valence-electron chi connectivity index (χ4n) is 2.21. The molecule has 4 nitrogen and oxygen atoms in total. The summed E-state index contributed by atoms with van der Waals surface area (Å²) >= 11 is 0. The van der Waals surface area contributed by atoms with Gasteiger partial charge in [-0.25, -0.2) is 8.42 Å². The largest absolute Gasteiger partial charge is 0.377 e. The van der Waals surface area contributed by atoms with Crippen LogP contribution < -0.4 is 5.32 Å². The highest BCUT2D eigenvalue weighted by atomic mass is 32.2. The monoisotopic (exact) mass is 249 g/mol. The standard InChI is InChI=1S/C11H23NO3S/c1-9(2)15-8-7-12-10-5-4-6-11(10)16(3,13)14/h9-12H,4-8H2,1-3H3. The Morgan fingerprint density at radius 3 is 2.62 bits per heavy atom. The average Bonchev–Trinajstić information content (AvgIpc) is 2.59. The van der Waals surface area contributed by atoms with Gasteiger partial charge in [0.15, 0.2) is 9.84 Å². The molecule has 5 heteroatoms. The highest BCUT2D eigenvalue weighted by Crippen LogP contribution is 2.24. The van der Waals surface area contributed by atoms with Gasteiger partial charge in [0.25, 0.3) is 0 Å². The maximum Gasteiger partial charge on any atom is 0.151 e. The minimum Gasteiger partial charge on any atom is -0.377 e. The molecular formula is C11H23NO3S. The van der Waals surface area contributed by atoms with Gasteiger partial charge in [-0.2, -0.15) is 0 Å². The SMILES string of the molecule is CC(C)OCCNC1CCCC1S(C)(=O)=O. The van der Waals surface area contributed by atoms with Crippen LogP contribution in [-0.4, -0.2) is 45.2 Å². The molecule has 0 aromatic heterocycles. The molecule has 2 atom stereocenters. The predicted molar refractivity (Wildman–Crippen MR) is 65.4 cm³/mol. The molecule has 1 rings (SSSR count). The summed E-state index contributed by atoms with van der Waals surface area (Å²) in [4.78, 5) is 0. The van der Waals surface area contributed by atoms with Gasteiger partial charge in [0.05, 0.1) is 18.0 Å². The summed E-state index contributed by atoms with van der Waals surface area (Å²) in [6, 6.07) is 0.116. The van der Waals surface area contributed by atoms with Crippen LogP contribution in [0.3, 0.4) is 0 Å². The summed E-state index contributed by atoms with van der Waals surface area (Å²) in [6.07, 6.45) is 4.32. The summed E-state index contributed by atoms with van der Waals surface area (Å²) in [7, 11) is -2.91. The topological polar surface area (TPSA) is 55.4 Å². The van der Waals surface area contributed by atoms with Crippen molar-refractivity contribution in [1.29, 1.82) is 0 Å². The molecule has 0 aromatic rings. The van der Waals surface area contributed by atoms with Crippen molar-refractivity contribution in [3.63, 3.8) is 0 Å². The lowest BCUT2D eigenvalue weighted by molar-refractivity contribution is 0.0795. The summed E-state index contributed by atoms with van der Waals surface area (Å²) < 4.78 is 28.4. The highest BCUT2D eigenvalue weighted by molar-refractivity contribution is 7.91. The Bertz CT molecular complexity index is 300. The molecule has 16 heavy (non-hydrogen) atoms. The first-order chi connectivity index (χ1) is 7.41. The lowest BCUT2D eigenvalue weighted by Gasteiger charge is -2.19. The molecular weight excluding hydrogens is 226 g/mol. The Balaban J connectivity index is 2.31. The number of ether oxygens (including phenoxy) is 1. The van der Waals surface area contributed by atoms with Crippen LogP contribution in [0.15, 0.2) is 0 Å². The van der Waals surface area contributed by atoms with E-state index in [9.17, 15) is 8.42 Å². The second-order valence-electron chi connectivity index (χ2n) is 4.78. The minimum atomic E-state index is -2.91. The van der Waals surface area contributed by atoms with E-state index >= 15 is 0 Å². The third kappa shape index (κ3) is 4.39. The third-order valence-corrected chi connectivity index (χ3v) is 4.63. The Hall–Kier alpha value is -0.130. The van der Waals surface area contributed by atoms with Gasteiger partial charge in [0.2, 0.25) is 0 Å². The van der Waals surface area contributed by atoms with Crippen LogP contribution in [0.25, 0.3) is 0 Å². The van der Waals surface area contributed by atoms with Gasteiger partial charge in [0, 0.05) is 18.8 Å². The van der Waals surface area contributed by atoms with E-state index in [0.717, 1.165) is 25.8 Å². The van der Waals surface area contributed by atoms with E-state index in [1.807, 2.05) is 13.8 Å². The molecule has 0 spiro atoms. The molecule has 1 aliphatic carbocycles. The highest BCUT2D eigenvalue weighted by Gasteiger charge is 2.34. The third-order valence-electron chi connectivity index (χ3n) is 2.96. The summed E-state index contributed by atoms with van der Waals surface area (Å²) in [5.41, 5.74) is 0. The van der Waals surface area contributed by atoms with Crippen molar-refractivity contribution in [2.24, 2.45) is 0 Å². The fourth-order valence-corrected chi connectivity index (χ4v) is 3.63. The van der Waals surface area contributed by atoms with Crippen LogP contribution >= 0.6 is 0 Å². The fraction of sp³-hybridized carbons (Fsp3) is 1.00. The van der Waals surface area contributed by atoms with E-state index in [2.05, 4.69) is 5.32 Å². The van der Waals surface area contributed by atoms with Gasteiger partial charge in [-0.15, -0.1) is 0 Å². The number of hydrogen-bond acceptors (Lipinski definition) is 4. The Labute approximate surface area is 98.7 Å².